The first-order chi connectivity index (χ1) is 10.2. The monoisotopic (exact) mass is 348 g/mol. The zero-order valence-corrected chi connectivity index (χ0v) is 13.1. The molecule has 0 saturated carbocycles. The minimum absolute atomic E-state index is 0.0317. The van der Waals surface area contributed by atoms with E-state index in [-0.39, 0.29) is 12.1 Å². The number of likely N-dealkylation sites (tertiary alicyclic amines) is 1. The summed E-state index contributed by atoms with van der Waals surface area (Å²) >= 11 is 3.39. The van der Waals surface area contributed by atoms with Crippen molar-refractivity contribution in [2.75, 3.05) is 11.9 Å². The molecule has 1 saturated heterocycles. The molecule has 0 spiro atoms. The lowest BCUT2D eigenvalue weighted by atomic mass is 10.0. The first-order valence-corrected chi connectivity index (χ1v) is 7.86. The SMILES string of the molecule is O=C(Nc1ccc(Br)cc1)N1CCCC[C@@H]1c1ncc[nH]1. The van der Waals surface area contributed by atoms with E-state index in [4.69, 9.17) is 0 Å². The molecule has 2 N–H and O–H groups in total. The molecule has 21 heavy (non-hydrogen) atoms. The summed E-state index contributed by atoms with van der Waals surface area (Å²) in [5.74, 6) is 0.862. The van der Waals surface area contributed by atoms with E-state index in [0.29, 0.717) is 0 Å². The van der Waals surface area contributed by atoms with Crippen molar-refractivity contribution in [2.45, 2.75) is 25.3 Å². The molecule has 1 aromatic carbocycles. The smallest absolute Gasteiger partial charge is 0.322 e. The number of hydrogen-bond acceptors (Lipinski definition) is 2. The fourth-order valence-corrected chi connectivity index (χ4v) is 2.91. The molecule has 6 heteroatoms. The summed E-state index contributed by atoms with van der Waals surface area (Å²) in [6.45, 7) is 0.758. The molecule has 1 fully saturated rings. The molecule has 5 nitrogen and oxygen atoms in total. The molecule has 0 bridgehead atoms. The standard InChI is InChI=1S/C15H17BrN4O/c16-11-4-6-12(7-5-11)19-15(21)20-10-2-1-3-13(20)14-17-8-9-18-14/h4-9,13H,1-3,10H2,(H,17,18)(H,19,21)/t13-/m1/s1. The Bertz CT molecular complexity index is 597. The summed E-state index contributed by atoms with van der Waals surface area (Å²) in [4.78, 5) is 21.8. The molecular weight excluding hydrogens is 332 g/mol. The topological polar surface area (TPSA) is 61.0 Å². The fourth-order valence-electron chi connectivity index (χ4n) is 2.65. The van der Waals surface area contributed by atoms with Gasteiger partial charge in [-0.05, 0) is 43.5 Å². The van der Waals surface area contributed by atoms with E-state index in [1.54, 1.807) is 12.4 Å². The third kappa shape index (κ3) is 3.26. The van der Waals surface area contributed by atoms with Crippen molar-refractivity contribution in [3.63, 3.8) is 0 Å². The van der Waals surface area contributed by atoms with Crippen LogP contribution in [0.4, 0.5) is 10.5 Å². The molecule has 110 valence electrons. The highest BCUT2D eigenvalue weighted by Gasteiger charge is 2.29. The molecule has 1 aliphatic heterocycles. The van der Waals surface area contributed by atoms with Crippen LogP contribution in [-0.4, -0.2) is 27.4 Å². The van der Waals surface area contributed by atoms with Gasteiger partial charge in [-0.3, -0.25) is 0 Å². The van der Waals surface area contributed by atoms with Crippen LogP contribution in [0.1, 0.15) is 31.1 Å². The second-order valence-corrected chi connectivity index (χ2v) is 6.03. The van der Waals surface area contributed by atoms with Crippen LogP contribution in [0.2, 0.25) is 0 Å². The summed E-state index contributed by atoms with van der Waals surface area (Å²) in [5, 5.41) is 2.96. The first-order valence-electron chi connectivity index (χ1n) is 7.06. The number of carbonyl (C=O) groups excluding carboxylic acids is 1. The lowest BCUT2D eigenvalue weighted by Crippen LogP contribution is -2.41. The molecule has 1 aromatic heterocycles. The van der Waals surface area contributed by atoms with Gasteiger partial charge in [0.1, 0.15) is 5.82 Å². The Kier molecular flexibility index (Phi) is 4.24. The predicted octanol–water partition coefficient (Wildman–Crippen LogP) is 3.93. The number of nitrogens with zero attached hydrogens (tertiary/aromatic N) is 2. The largest absolute Gasteiger partial charge is 0.347 e. The van der Waals surface area contributed by atoms with E-state index >= 15 is 0 Å². The van der Waals surface area contributed by atoms with Gasteiger partial charge in [-0.1, -0.05) is 15.9 Å². The highest BCUT2D eigenvalue weighted by atomic mass is 79.9. The molecule has 0 unspecified atom stereocenters. The van der Waals surface area contributed by atoms with Gasteiger partial charge in [-0.2, -0.15) is 0 Å². The van der Waals surface area contributed by atoms with Gasteiger partial charge in [0.05, 0.1) is 6.04 Å². The van der Waals surface area contributed by atoms with Crippen LogP contribution in [0.25, 0.3) is 0 Å². The third-order valence-corrected chi connectivity index (χ3v) is 4.22. The van der Waals surface area contributed by atoms with Crippen molar-refractivity contribution in [1.82, 2.24) is 14.9 Å². The average Bonchev–Trinajstić information content (AvgIpc) is 3.04. The Hall–Kier alpha value is -1.82. The van der Waals surface area contributed by atoms with Crippen LogP contribution in [0.3, 0.4) is 0 Å². The molecule has 1 aliphatic rings. The van der Waals surface area contributed by atoms with Crippen molar-refractivity contribution in [2.24, 2.45) is 0 Å². The number of H-pyrrole nitrogens is 1. The van der Waals surface area contributed by atoms with Gasteiger partial charge in [0.2, 0.25) is 0 Å². The van der Waals surface area contributed by atoms with Crippen molar-refractivity contribution < 1.29 is 4.79 Å². The number of anilines is 1. The van der Waals surface area contributed by atoms with Gasteiger partial charge >= 0.3 is 6.03 Å². The fraction of sp³-hybridized carbons (Fsp3) is 0.333. The van der Waals surface area contributed by atoms with Gasteiger partial charge in [0, 0.05) is 29.1 Å². The van der Waals surface area contributed by atoms with Crippen LogP contribution < -0.4 is 5.32 Å². The highest BCUT2D eigenvalue weighted by Crippen LogP contribution is 2.29. The Morgan fingerprint density at radius 1 is 1.33 bits per heavy atom. The number of nitrogens with one attached hydrogen (secondary N) is 2. The molecule has 0 aliphatic carbocycles. The van der Waals surface area contributed by atoms with Crippen molar-refractivity contribution in [3.8, 4) is 0 Å². The van der Waals surface area contributed by atoms with E-state index in [9.17, 15) is 4.79 Å². The maximum atomic E-state index is 12.5. The summed E-state index contributed by atoms with van der Waals surface area (Å²) in [6.07, 6.45) is 6.63. The van der Waals surface area contributed by atoms with Gasteiger partial charge in [0.15, 0.2) is 0 Å². The highest BCUT2D eigenvalue weighted by molar-refractivity contribution is 9.10. The number of halogens is 1. The Morgan fingerprint density at radius 3 is 2.86 bits per heavy atom. The molecule has 0 radical (unpaired) electrons. The Morgan fingerprint density at radius 2 is 2.14 bits per heavy atom. The van der Waals surface area contributed by atoms with Crippen LogP contribution in [0, 0.1) is 0 Å². The lowest BCUT2D eigenvalue weighted by Gasteiger charge is -2.34. The molecule has 3 rings (SSSR count). The number of imidazole rings is 1. The minimum Gasteiger partial charge on any atom is -0.347 e. The summed E-state index contributed by atoms with van der Waals surface area (Å²) in [7, 11) is 0. The average molecular weight is 349 g/mol. The Balaban J connectivity index is 1.73. The lowest BCUT2D eigenvalue weighted by molar-refractivity contribution is 0.160. The van der Waals surface area contributed by atoms with E-state index in [1.165, 1.54) is 0 Å². The third-order valence-electron chi connectivity index (χ3n) is 3.69. The second-order valence-electron chi connectivity index (χ2n) is 5.12. The molecule has 2 heterocycles. The molecular formula is C15H17BrN4O. The predicted molar refractivity (Wildman–Crippen MR) is 85.0 cm³/mol. The van der Waals surface area contributed by atoms with Gasteiger partial charge in [-0.25, -0.2) is 9.78 Å². The maximum Gasteiger partial charge on any atom is 0.322 e. The van der Waals surface area contributed by atoms with E-state index in [0.717, 1.165) is 41.8 Å². The molecule has 2 amide bonds. The molecule has 1 atom stereocenters. The quantitative estimate of drug-likeness (QED) is 0.863. The van der Waals surface area contributed by atoms with E-state index in [1.807, 2.05) is 29.2 Å². The zero-order valence-electron chi connectivity index (χ0n) is 11.6. The van der Waals surface area contributed by atoms with Crippen LogP contribution >= 0.6 is 15.9 Å². The number of aromatic amines is 1. The number of amides is 2. The zero-order chi connectivity index (χ0) is 14.7. The number of hydrogen-bond donors (Lipinski definition) is 2. The Labute approximate surface area is 131 Å². The van der Waals surface area contributed by atoms with Crippen molar-refractivity contribution in [3.05, 3.63) is 47.0 Å². The maximum absolute atomic E-state index is 12.5. The van der Waals surface area contributed by atoms with E-state index < -0.39 is 0 Å². The summed E-state index contributed by atoms with van der Waals surface area (Å²) in [6, 6.07) is 7.55. The number of rotatable bonds is 2. The molecule has 2 aromatic rings. The van der Waals surface area contributed by atoms with Crippen LogP contribution in [-0.2, 0) is 0 Å². The minimum atomic E-state index is -0.0709. The van der Waals surface area contributed by atoms with Gasteiger partial charge in [-0.15, -0.1) is 0 Å². The summed E-state index contributed by atoms with van der Waals surface area (Å²) in [5.41, 5.74) is 0.798. The van der Waals surface area contributed by atoms with Gasteiger partial charge < -0.3 is 15.2 Å². The van der Waals surface area contributed by atoms with Crippen LogP contribution in [0.15, 0.2) is 41.1 Å². The number of piperidine rings is 1. The normalized spacial score (nSPS) is 18.5. The number of urea groups is 1. The second kappa shape index (κ2) is 6.30. The van der Waals surface area contributed by atoms with Gasteiger partial charge in [0.25, 0.3) is 0 Å². The van der Waals surface area contributed by atoms with Crippen molar-refractivity contribution in [1.29, 1.82) is 0 Å². The number of aromatic nitrogens is 2. The number of carbonyl (C=O) groups is 1. The van der Waals surface area contributed by atoms with Crippen LogP contribution in [0.5, 0.6) is 0 Å². The summed E-state index contributed by atoms with van der Waals surface area (Å²) < 4.78 is 0.993. The van der Waals surface area contributed by atoms with E-state index in [2.05, 4.69) is 31.2 Å². The number of benzene rings is 1. The van der Waals surface area contributed by atoms with Crippen molar-refractivity contribution >= 4 is 27.6 Å². The first kappa shape index (κ1) is 14.1.